The zero-order chi connectivity index (χ0) is 6.57. The predicted molar refractivity (Wildman–Crippen MR) is 22.0 cm³/mol. The molecule has 0 aromatic carbocycles. The number of hydrogen-bond donors (Lipinski definition) is 1. The molecule has 1 atom stereocenters. The van der Waals surface area contributed by atoms with E-state index in [1.165, 1.54) is 0 Å². The van der Waals surface area contributed by atoms with Crippen molar-refractivity contribution in [3.05, 3.63) is 12.2 Å². The van der Waals surface area contributed by atoms with E-state index in [0.29, 0.717) is 6.08 Å². The molecular formula is C4H5F3O. The van der Waals surface area contributed by atoms with Crippen LogP contribution in [0.25, 0.3) is 0 Å². The number of aliphatic hydroxyl groups excluding tert-OH is 1. The molecule has 0 aliphatic rings. The lowest BCUT2D eigenvalue weighted by molar-refractivity contribution is 0.0445. The maximum absolute atomic E-state index is 11.2. The van der Waals surface area contributed by atoms with Gasteiger partial charge in [0, 0.05) is 6.42 Å². The molecule has 0 rings (SSSR count). The third kappa shape index (κ3) is 5.49. The van der Waals surface area contributed by atoms with Crippen molar-refractivity contribution in [3.63, 3.8) is 0 Å². The third-order valence-electron chi connectivity index (χ3n) is 0.467. The maximum Gasteiger partial charge on any atom is 0.266 e. The van der Waals surface area contributed by atoms with Crippen LogP contribution in [0.15, 0.2) is 12.2 Å². The Morgan fingerprint density at radius 3 is 2.25 bits per heavy atom. The van der Waals surface area contributed by atoms with Crippen LogP contribution in [0.2, 0.25) is 0 Å². The van der Waals surface area contributed by atoms with Crippen molar-refractivity contribution < 1.29 is 18.3 Å². The van der Waals surface area contributed by atoms with Crippen LogP contribution in [-0.2, 0) is 0 Å². The van der Waals surface area contributed by atoms with E-state index in [1.54, 1.807) is 0 Å². The van der Waals surface area contributed by atoms with Gasteiger partial charge in [-0.1, -0.05) is 0 Å². The van der Waals surface area contributed by atoms with Crippen LogP contribution >= 0.6 is 0 Å². The second-order valence-corrected chi connectivity index (χ2v) is 1.16. The minimum atomic E-state index is -2.17. The molecule has 0 aromatic heterocycles. The van der Waals surface area contributed by atoms with E-state index in [2.05, 4.69) is 0 Å². The van der Waals surface area contributed by atoms with Gasteiger partial charge in [0.05, 0.1) is 0 Å². The van der Waals surface area contributed by atoms with Gasteiger partial charge in [0.2, 0.25) is 0 Å². The van der Waals surface area contributed by atoms with Crippen molar-refractivity contribution in [2.45, 2.75) is 12.8 Å². The highest BCUT2D eigenvalue weighted by molar-refractivity contribution is 4.80. The van der Waals surface area contributed by atoms with Crippen LogP contribution in [0.4, 0.5) is 13.2 Å². The Kier molecular flexibility index (Phi) is 3.26. The summed E-state index contributed by atoms with van der Waals surface area (Å²) in [4.78, 5) is 0. The minimum Gasteiger partial charge on any atom is -0.364 e. The van der Waals surface area contributed by atoms with Gasteiger partial charge in [-0.05, 0) is 6.08 Å². The summed E-state index contributed by atoms with van der Waals surface area (Å²) < 4.78 is 33.2. The zero-order valence-electron chi connectivity index (χ0n) is 3.94. The average molecular weight is 126 g/mol. The second-order valence-electron chi connectivity index (χ2n) is 1.16. The molecule has 1 nitrogen and oxygen atoms in total. The summed E-state index contributed by atoms with van der Waals surface area (Å²) in [7, 11) is 0. The molecule has 48 valence electrons. The highest BCUT2D eigenvalue weighted by Crippen LogP contribution is 2.01. The van der Waals surface area contributed by atoms with Gasteiger partial charge in [-0.15, -0.1) is 0 Å². The standard InChI is InChI=1S/C4H5F3O/c5-3(6)1-2-4(7)8/h1,4,8H,2H2. The molecule has 1 N–H and O–H groups in total. The summed E-state index contributed by atoms with van der Waals surface area (Å²) in [6.45, 7) is 0. The quantitative estimate of drug-likeness (QED) is 0.593. The van der Waals surface area contributed by atoms with Crippen LogP contribution in [0.1, 0.15) is 6.42 Å². The van der Waals surface area contributed by atoms with Crippen molar-refractivity contribution in [2.75, 3.05) is 0 Å². The number of alkyl halides is 1. The van der Waals surface area contributed by atoms with Crippen molar-refractivity contribution in [1.82, 2.24) is 0 Å². The Morgan fingerprint density at radius 2 is 2.12 bits per heavy atom. The summed E-state index contributed by atoms with van der Waals surface area (Å²) in [6.07, 6.45) is -4.45. The SMILES string of the molecule is OC(F)CC=C(F)F. The summed E-state index contributed by atoms with van der Waals surface area (Å²) in [5.74, 6) is 0. The Labute approximate surface area is 44.4 Å². The van der Waals surface area contributed by atoms with Gasteiger partial charge in [0.15, 0.2) is 6.36 Å². The van der Waals surface area contributed by atoms with Crippen molar-refractivity contribution in [3.8, 4) is 0 Å². The van der Waals surface area contributed by atoms with Gasteiger partial charge in [-0.3, -0.25) is 0 Å². The Hall–Kier alpha value is -0.510. The van der Waals surface area contributed by atoms with E-state index in [-0.39, 0.29) is 0 Å². The zero-order valence-corrected chi connectivity index (χ0v) is 3.94. The maximum atomic E-state index is 11.2. The highest BCUT2D eigenvalue weighted by atomic mass is 19.3. The summed E-state index contributed by atoms with van der Waals surface area (Å²) in [5, 5.41) is 7.76. The molecule has 8 heavy (non-hydrogen) atoms. The largest absolute Gasteiger partial charge is 0.364 e. The molecule has 0 saturated carbocycles. The second kappa shape index (κ2) is 3.49. The topological polar surface area (TPSA) is 20.2 Å². The first-order valence-corrected chi connectivity index (χ1v) is 1.96. The lowest BCUT2D eigenvalue weighted by Gasteiger charge is -1.89. The molecule has 0 heterocycles. The van der Waals surface area contributed by atoms with Gasteiger partial charge in [-0.25, -0.2) is 4.39 Å². The molecule has 0 aromatic rings. The molecule has 0 spiro atoms. The van der Waals surface area contributed by atoms with E-state index in [9.17, 15) is 13.2 Å². The van der Waals surface area contributed by atoms with Crippen LogP contribution in [0, 0.1) is 0 Å². The van der Waals surface area contributed by atoms with Crippen molar-refractivity contribution in [2.24, 2.45) is 0 Å². The van der Waals surface area contributed by atoms with Gasteiger partial charge < -0.3 is 5.11 Å². The molecule has 0 aliphatic heterocycles. The van der Waals surface area contributed by atoms with Crippen LogP contribution in [-0.4, -0.2) is 11.5 Å². The smallest absolute Gasteiger partial charge is 0.266 e. The first kappa shape index (κ1) is 7.49. The fourth-order valence-corrected chi connectivity index (χ4v) is 0.186. The Bertz CT molecular complexity index is 85.3. The summed E-state index contributed by atoms with van der Waals surface area (Å²) in [5.41, 5.74) is 0. The normalized spacial score (nSPS) is 13.0. The molecule has 1 unspecified atom stereocenters. The fourth-order valence-electron chi connectivity index (χ4n) is 0.186. The first-order valence-electron chi connectivity index (χ1n) is 1.96. The number of halogens is 3. The van der Waals surface area contributed by atoms with Crippen molar-refractivity contribution >= 4 is 0 Å². The molecular weight excluding hydrogens is 121 g/mol. The van der Waals surface area contributed by atoms with Crippen LogP contribution in [0.5, 0.6) is 0 Å². The van der Waals surface area contributed by atoms with Gasteiger partial charge >= 0.3 is 0 Å². The average Bonchev–Trinajstić information content (AvgIpc) is 1.61. The molecule has 0 bridgehead atoms. The van der Waals surface area contributed by atoms with Gasteiger partial charge in [0.25, 0.3) is 6.08 Å². The predicted octanol–water partition coefficient (Wildman–Crippen LogP) is 1.44. The van der Waals surface area contributed by atoms with E-state index in [1.807, 2.05) is 0 Å². The minimum absolute atomic E-state index is 0.324. The summed E-state index contributed by atoms with van der Waals surface area (Å²) in [6, 6.07) is 0. The van der Waals surface area contributed by atoms with Gasteiger partial charge in [0.1, 0.15) is 0 Å². The van der Waals surface area contributed by atoms with Crippen LogP contribution in [0.3, 0.4) is 0 Å². The number of hydrogen-bond acceptors (Lipinski definition) is 1. The lowest BCUT2D eigenvalue weighted by atomic mass is 10.4. The molecule has 4 heteroatoms. The lowest BCUT2D eigenvalue weighted by Crippen LogP contribution is -1.92. The van der Waals surface area contributed by atoms with E-state index in [0.717, 1.165) is 0 Å². The third-order valence-corrected chi connectivity index (χ3v) is 0.467. The fraction of sp³-hybridized carbons (Fsp3) is 0.500. The Morgan fingerprint density at radius 1 is 1.62 bits per heavy atom. The van der Waals surface area contributed by atoms with Gasteiger partial charge in [-0.2, -0.15) is 8.78 Å². The summed E-state index contributed by atoms with van der Waals surface area (Å²) >= 11 is 0. The van der Waals surface area contributed by atoms with E-state index in [4.69, 9.17) is 5.11 Å². The molecule has 0 aliphatic carbocycles. The number of aliphatic hydroxyl groups is 1. The molecule has 0 amide bonds. The molecule has 0 fully saturated rings. The van der Waals surface area contributed by atoms with Crippen molar-refractivity contribution in [1.29, 1.82) is 0 Å². The van der Waals surface area contributed by atoms with E-state index < -0.39 is 18.9 Å². The van der Waals surface area contributed by atoms with Crippen LogP contribution < -0.4 is 0 Å². The molecule has 0 saturated heterocycles. The Balaban J connectivity index is 3.29. The monoisotopic (exact) mass is 126 g/mol. The van der Waals surface area contributed by atoms with E-state index >= 15 is 0 Å². The number of rotatable bonds is 2. The first-order chi connectivity index (χ1) is 3.63. The highest BCUT2D eigenvalue weighted by Gasteiger charge is 1.96. The molecule has 0 radical (unpaired) electrons.